The average Bonchev–Trinajstić information content (AvgIpc) is 3.02. The van der Waals surface area contributed by atoms with Crippen LogP contribution in [0.4, 0.5) is 5.69 Å². The minimum atomic E-state index is -0.523. The number of carbonyl (C=O) groups excluding carboxylic acids is 2. The predicted octanol–water partition coefficient (Wildman–Crippen LogP) is 3.63. The lowest BCUT2D eigenvalue weighted by molar-refractivity contribution is -0.115. The van der Waals surface area contributed by atoms with Gasteiger partial charge in [0.2, 0.25) is 11.1 Å². The van der Waals surface area contributed by atoms with Gasteiger partial charge in [-0.3, -0.25) is 9.59 Å². The standard InChI is InChI=1S/C19H18ClN5O2S/c1-11(26)13-7-4-6-10-16(13)22-18(27)12(2)28-19-24-23-17(25(19)21)14-8-3-5-9-15(14)20/h3-10,12H,21H2,1-2H3,(H,22,27)/t12-/m1/s1. The van der Waals surface area contributed by atoms with E-state index < -0.39 is 5.25 Å². The Hall–Kier alpha value is -2.84. The Morgan fingerprint density at radius 3 is 2.54 bits per heavy atom. The molecule has 1 heterocycles. The Morgan fingerprint density at radius 2 is 1.82 bits per heavy atom. The second-order valence-electron chi connectivity index (χ2n) is 6.01. The Labute approximate surface area is 171 Å². The van der Waals surface area contributed by atoms with Gasteiger partial charge in [0.25, 0.3) is 0 Å². The van der Waals surface area contributed by atoms with Crippen molar-refractivity contribution in [3.8, 4) is 11.4 Å². The summed E-state index contributed by atoms with van der Waals surface area (Å²) in [6.45, 7) is 3.18. The van der Waals surface area contributed by atoms with Crippen molar-refractivity contribution in [1.82, 2.24) is 14.9 Å². The van der Waals surface area contributed by atoms with Gasteiger partial charge in [-0.25, -0.2) is 4.68 Å². The van der Waals surface area contributed by atoms with Crippen molar-refractivity contribution in [1.29, 1.82) is 0 Å². The summed E-state index contributed by atoms with van der Waals surface area (Å²) in [6.07, 6.45) is 0. The van der Waals surface area contributed by atoms with Crippen LogP contribution in [0.2, 0.25) is 5.02 Å². The molecule has 1 aromatic heterocycles. The van der Waals surface area contributed by atoms with Gasteiger partial charge in [-0.05, 0) is 38.1 Å². The highest BCUT2D eigenvalue weighted by Gasteiger charge is 2.21. The third-order valence-electron chi connectivity index (χ3n) is 3.99. The van der Waals surface area contributed by atoms with E-state index in [2.05, 4.69) is 15.5 Å². The third kappa shape index (κ3) is 4.18. The molecule has 7 nitrogen and oxygen atoms in total. The molecule has 28 heavy (non-hydrogen) atoms. The molecular weight excluding hydrogens is 398 g/mol. The number of thioether (sulfide) groups is 1. The van der Waals surface area contributed by atoms with Crippen molar-refractivity contribution in [3.63, 3.8) is 0 Å². The summed E-state index contributed by atoms with van der Waals surface area (Å²) in [5, 5.41) is 11.3. The van der Waals surface area contributed by atoms with Gasteiger partial charge in [0, 0.05) is 11.1 Å². The SMILES string of the molecule is CC(=O)c1ccccc1NC(=O)[C@@H](C)Sc1nnc(-c2ccccc2Cl)n1N. The molecule has 0 unspecified atom stereocenters. The summed E-state index contributed by atoms with van der Waals surface area (Å²) in [5.74, 6) is 6.11. The largest absolute Gasteiger partial charge is 0.335 e. The number of nitrogens with two attached hydrogens (primary N) is 1. The van der Waals surface area contributed by atoms with E-state index in [-0.39, 0.29) is 11.7 Å². The van der Waals surface area contributed by atoms with Crippen LogP contribution in [0, 0.1) is 0 Å². The van der Waals surface area contributed by atoms with Gasteiger partial charge >= 0.3 is 0 Å². The zero-order chi connectivity index (χ0) is 20.3. The van der Waals surface area contributed by atoms with E-state index in [1.165, 1.54) is 11.6 Å². The molecule has 1 amide bonds. The summed E-state index contributed by atoms with van der Waals surface area (Å²) >= 11 is 7.35. The molecule has 144 valence electrons. The fourth-order valence-corrected chi connectivity index (χ4v) is 3.52. The summed E-state index contributed by atoms with van der Waals surface area (Å²) in [6, 6.07) is 14.0. The molecule has 0 saturated heterocycles. The number of ketones is 1. The van der Waals surface area contributed by atoms with Gasteiger partial charge in [0.1, 0.15) is 0 Å². The molecule has 9 heteroatoms. The van der Waals surface area contributed by atoms with Crippen molar-refractivity contribution in [2.75, 3.05) is 11.2 Å². The van der Waals surface area contributed by atoms with Crippen LogP contribution in [0.15, 0.2) is 53.7 Å². The number of nitrogens with one attached hydrogen (secondary N) is 1. The first kappa shape index (κ1) is 19.9. The first-order chi connectivity index (χ1) is 13.4. The molecule has 3 aromatic rings. The van der Waals surface area contributed by atoms with E-state index in [1.807, 2.05) is 12.1 Å². The topological polar surface area (TPSA) is 103 Å². The van der Waals surface area contributed by atoms with E-state index in [1.54, 1.807) is 43.3 Å². The number of hydrogen-bond donors (Lipinski definition) is 2. The molecule has 3 rings (SSSR count). The van der Waals surface area contributed by atoms with Crippen molar-refractivity contribution in [3.05, 3.63) is 59.1 Å². The zero-order valence-electron chi connectivity index (χ0n) is 15.2. The van der Waals surface area contributed by atoms with Gasteiger partial charge < -0.3 is 11.2 Å². The molecule has 0 fully saturated rings. The maximum absolute atomic E-state index is 12.6. The quantitative estimate of drug-likeness (QED) is 0.362. The Morgan fingerprint density at radius 1 is 1.14 bits per heavy atom. The number of para-hydroxylation sites is 1. The second kappa shape index (κ2) is 8.45. The van der Waals surface area contributed by atoms with Crippen LogP contribution >= 0.6 is 23.4 Å². The first-order valence-corrected chi connectivity index (χ1v) is 9.67. The van der Waals surface area contributed by atoms with E-state index in [0.29, 0.717) is 32.8 Å². The lowest BCUT2D eigenvalue weighted by atomic mass is 10.1. The van der Waals surface area contributed by atoms with Gasteiger partial charge in [-0.1, -0.05) is 47.6 Å². The number of nitrogens with zero attached hydrogens (tertiary/aromatic N) is 3. The van der Waals surface area contributed by atoms with Crippen LogP contribution in [0.25, 0.3) is 11.4 Å². The second-order valence-corrected chi connectivity index (χ2v) is 7.72. The number of aromatic nitrogens is 3. The first-order valence-electron chi connectivity index (χ1n) is 8.41. The van der Waals surface area contributed by atoms with Gasteiger partial charge in [0.05, 0.1) is 16.0 Å². The fourth-order valence-electron chi connectivity index (χ4n) is 2.53. The Balaban J connectivity index is 1.75. The number of amides is 1. The molecule has 0 radical (unpaired) electrons. The van der Waals surface area contributed by atoms with Gasteiger partial charge in [-0.15, -0.1) is 10.2 Å². The molecule has 0 aliphatic heterocycles. The van der Waals surface area contributed by atoms with Crippen LogP contribution in [0.5, 0.6) is 0 Å². The van der Waals surface area contributed by atoms with Gasteiger partial charge in [-0.2, -0.15) is 0 Å². The molecular formula is C19H18ClN5O2S. The minimum absolute atomic E-state index is 0.123. The fraction of sp³-hybridized carbons (Fsp3) is 0.158. The number of rotatable bonds is 6. The Bertz CT molecular complexity index is 1040. The normalized spacial score (nSPS) is 11.8. The van der Waals surface area contributed by atoms with Gasteiger partial charge in [0.15, 0.2) is 11.6 Å². The third-order valence-corrected chi connectivity index (χ3v) is 5.38. The van der Waals surface area contributed by atoms with E-state index >= 15 is 0 Å². The monoisotopic (exact) mass is 415 g/mol. The number of nitrogen functional groups attached to an aromatic ring is 1. The predicted molar refractivity (Wildman–Crippen MR) is 111 cm³/mol. The lowest BCUT2D eigenvalue weighted by Gasteiger charge is -2.13. The number of halogens is 1. The van der Waals surface area contributed by atoms with Crippen LogP contribution in [-0.4, -0.2) is 31.8 Å². The molecule has 0 bridgehead atoms. The number of hydrogen-bond acceptors (Lipinski definition) is 6. The maximum atomic E-state index is 12.6. The molecule has 0 spiro atoms. The zero-order valence-corrected chi connectivity index (χ0v) is 16.8. The van der Waals surface area contributed by atoms with Crippen molar-refractivity contribution in [2.24, 2.45) is 0 Å². The smallest absolute Gasteiger partial charge is 0.237 e. The molecule has 2 aromatic carbocycles. The Kier molecular flexibility index (Phi) is 6.01. The van der Waals surface area contributed by atoms with Crippen LogP contribution in [0.1, 0.15) is 24.2 Å². The van der Waals surface area contributed by atoms with E-state index in [9.17, 15) is 9.59 Å². The molecule has 0 aliphatic carbocycles. The minimum Gasteiger partial charge on any atom is -0.335 e. The molecule has 0 aliphatic rings. The van der Waals surface area contributed by atoms with Crippen molar-refractivity contribution >= 4 is 40.7 Å². The summed E-state index contributed by atoms with van der Waals surface area (Å²) < 4.78 is 1.30. The highest BCUT2D eigenvalue weighted by Crippen LogP contribution is 2.29. The highest BCUT2D eigenvalue weighted by atomic mass is 35.5. The van der Waals surface area contributed by atoms with Crippen molar-refractivity contribution < 1.29 is 9.59 Å². The number of carbonyl (C=O) groups is 2. The molecule has 1 atom stereocenters. The number of Topliss-reactive ketones (excluding diaryl/α,β-unsaturated/α-hetero) is 1. The maximum Gasteiger partial charge on any atom is 0.237 e. The number of benzene rings is 2. The summed E-state index contributed by atoms with van der Waals surface area (Å²) in [5.41, 5.74) is 1.58. The summed E-state index contributed by atoms with van der Waals surface area (Å²) in [7, 11) is 0. The lowest BCUT2D eigenvalue weighted by Crippen LogP contribution is -2.24. The van der Waals surface area contributed by atoms with E-state index in [4.69, 9.17) is 17.4 Å². The highest BCUT2D eigenvalue weighted by molar-refractivity contribution is 8.00. The summed E-state index contributed by atoms with van der Waals surface area (Å²) in [4.78, 5) is 24.3. The van der Waals surface area contributed by atoms with Crippen LogP contribution < -0.4 is 11.2 Å². The van der Waals surface area contributed by atoms with E-state index in [0.717, 1.165) is 11.8 Å². The number of anilines is 1. The van der Waals surface area contributed by atoms with Crippen LogP contribution in [0.3, 0.4) is 0 Å². The molecule has 0 saturated carbocycles. The average molecular weight is 416 g/mol. The van der Waals surface area contributed by atoms with Crippen molar-refractivity contribution in [2.45, 2.75) is 24.3 Å². The van der Waals surface area contributed by atoms with Crippen LogP contribution in [-0.2, 0) is 4.79 Å². The molecule has 3 N–H and O–H groups in total.